The maximum atomic E-state index is 6.19. The Kier molecular flexibility index (Phi) is 6.89. The SMILES string of the molecule is CCc1cnc(N2CCC(Oc3ncnc(O/N=C(/C)c4ccccc4)c3C)CC2)nc1. The molecule has 0 N–H and O–H groups in total. The van der Waals surface area contributed by atoms with E-state index in [9.17, 15) is 0 Å². The second-order valence-electron chi connectivity index (χ2n) is 7.79. The van der Waals surface area contributed by atoms with E-state index >= 15 is 0 Å². The van der Waals surface area contributed by atoms with Crippen LogP contribution in [0.1, 0.15) is 43.4 Å². The zero-order valence-electron chi connectivity index (χ0n) is 18.7. The summed E-state index contributed by atoms with van der Waals surface area (Å²) in [7, 11) is 0. The van der Waals surface area contributed by atoms with Gasteiger partial charge in [-0.2, -0.15) is 4.98 Å². The van der Waals surface area contributed by atoms with E-state index in [2.05, 4.69) is 36.9 Å². The maximum Gasteiger partial charge on any atom is 0.258 e. The fourth-order valence-corrected chi connectivity index (χ4v) is 3.50. The van der Waals surface area contributed by atoms with Gasteiger partial charge in [0.2, 0.25) is 11.8 Å². The van der Waals surface area contributed by atoms with Crippen LogP contribution < -0.4 is 14.5 Å². The van der Waals surface area contributed by atoms with Crippen LogP contribution in [0.4, 0.5) is 5.95 Å². The minimum absolute atomic E-state index is 0.0668. The van der Waals surface area contributed by atoms with Crippen LogP contribution in [0.15, 0.2) is 54.2 Å². The van der Waals surface area contributed by atoms with E-state index in [0.29, 0.717) is 11.8 Å². The molecule has 4 rings (SSSR count). The van der Waals surface area contributed by atoms with E-state index < -0.39 is 0 Å². The van der Waals surface area contributed by atoms with Crippen molar-refractivity contribution in [3.05, 3.63) is 65.7 Å². The van der Waals surface area contributed by atoms with Crippen molar-refractivity contribution in [2.75, 3.05) is 18.0 Å². The van der Waals surface area contributed by atoms with E-state index in [0.717, 1.165) is 60.7 Å². The molecule has 1 fully saturated rings. The molecule has 3 aromatic rings. The number of benzene rings is 1. The molecule has 8 nitrogen and oxygen atoms in total. The number of hydrogen-bond acceptors (Lipinski definition) is 8. The van der Waals surface area contributed by atoms with Crippen LogP contribution >= 0.6 is 0 Å². The number of nitrogens with zero attached hydrogens (tertiary/aromatic N) is 6. The van der Waals surface area contributed by atoms with Gasteiger partial charge in [-0.25, -0.2) is 15.0 Å². The van der Waals surface area contributed by atoms with Gasteiger partial charge in [0, 0.05) is 38.3 Å². The second kappa shape index (κ2) is 10.2. The highest BCUT2D eigenvalue weighted by atomic mass is 16.6. The van der Waals surface area contributed by atoms with Crippen molar-refractivity contribution in [3.8, 4) is 11.8 Å². The Morgan fingerprint density at radius 1 is 1.03 bits per heavy atom. The fourth-order valence-electron chi connectivity index (χ4n) is 3.50. The monoisotopic (exact) mass is 432 g/mol. The van der Waals surface area contributed by atoms with Crippen LogP contribution in [-0.4, -0.2) is 44.8 Å². The van der Waals surface area contributed by atoms with Crippen LogP contribution in [0.3, 0.4) is 0 Å². The minimum Gasteiger partial charge on any atom is -0.474 e. The molecule has 1 saturated heterocycles. The third-order valence-electron chi connectivity index (χ3n) is 5.56. The average molecular weight is 433 g/mol. The first-order valence-electron chi connectivity index (χ1n) is 10.9. The third-order valence-corrected chi connectivity index (χ3v) is 5.56. The number of hydrogen-bond donors (Lipinski definition) is 0. The second-order valence-corrected chi connectivity index (χ2v) is 7.79. The van der Waals surface area contributed by atoms with Crippen LogP contribution in [0.5, 0.6) is 11.8 Å². The van der Waals surface area contributed by atoms with Gasteiger partial charge in [-0.3, -0.25) is 0 Å². The van der Waals surface area contributed by atoms with E-state index in [1.54, 1.807) is 0 Å². The topological polar surface area (TPSA) is 85.6 Å². The lowest BCUT2D eigenvalue weighted by molar-refractivity contribution is 0.160. The number of aryl methyl sites for hydroxylation is 1. The van der Waals surface area contributed by atoms with Crippen LogP contribution in [0, 0.1) is 6.92 Å². The lowest BCUT2D eigenvalue weighted by Crippen LogP contribution is -2.39. The van der Waals surface area contributed by atoms with E-state index in [1.165, 1.54) is 6.33 Å². The Labute approximate surface area is 188 Å². The molecule has 1 aliphatic heterocycles. The van der Waals surface area contributed by atoms with Crippen molar-refractivity contribution < 1.29 is 9.57 Å². The summed E-state index contributed by atoms with van der Waals surface area (Å²) >= 11 is 0. The standard InChI is InChI=1S/C24H28N6O2/c1-4-19-14-25-24(26-15-19)30-12-10-21(11-13-30)31-22-17(2)23(28-16-27-22)32-29-18(3)20-8-6-5-7-9-20/h5-9,14-16,21H,4,10-13H2,1-3H3/b29-18-. The molecule has 0 atom stereocenters. The predicted octanol–water partition coefficient (Wildman–Crippen LogP) is 3.99. The van der Waals surface area contributed by atoms with E-state index in [-0.39, 0.29) is 6.10 Å². The molecule has 8 heteroatoms. The maximum absolute atomic E-state index is 6.19. The number of ether oxygens (including phenoxy) is 1. The molecule has 0 saturated carbocycles. The number of aromatic nitrogens is 4. The highest BCUT2D eigenvalue weighted by Gasteiger charge is 2.24. The van der Waals surface area contributed by atoms with Crippen molar-refractivity contribution in [2.45, 2.75) is 46.1 Å². The minimum atomic E-state index is 0.0668. The number of anilines is 1. The summed E-state index contributed by atoms with van der Waals surface area (Å²) in [6.45, 7) is 7.56. The molecule has 2 aromatic heterocycles. The molecule has 0 radical (unpaired) electrons. The quantitative estimate of drug-likeness (QED) is 0.412. The Morgan fingerprint density at radius 3 is 2.41 bits per heavy atom. The van der Waals surface area contributed by atoms with Crippen LogP contribution in [0.25, 0.3) is 0 Å². The Hall–Kier alpha value is -3.55. The van der Waals surface area contributed by atoms with Gasteiger partial charge < -0.3 is 14.5 Å². The molecular formula is C24H28N6O2. The molecule has 1 aliphatic rings. The lowest BCUT2D eigenvalue weighted by Gasteiger charge is -2.32. The van der Waals surface area contributed by atoms with Gasteiger partial charge >= 0.3 is 0 Å². The molecular weight excluding hydrogens is 404 g/mol. The first-order chi connectivity index (χ1) is 15.6. The van der Waals surface area contributed by atoms with Crippen LogP contribution in [0.2, 0.25) is 0 Å². The average Bonchev–Trinajstić information content (AvgIpc) is 2.85. The third kappa shape index (κ3) is 5.19. The molecule has 0 spiro atoms. The molecule has 0 unspecified atom stereocenters. The van der Waals surface area contributed by atoms with E-state index in [4.69, 9.17) is 9.57 Å². The highest BCUT2D eigenvalue weighted by molar-refractivity contribution is 5.98. The van der Waals surface area contributed by atoms with Gasteiger partial charge in [0.1, 0.15) is 12.4 Å². The molecule has 0 bridgehead atoms. The van der Waals surface area contributed by atoms with Gasteiger partial charge in [0.25, 0.3) is 5.88 Å². The number of rotatable bonds is 7. The number of piperidine rings is 1. The van der Waals surface area contributed by atoms with Gasteiger partial charge in [-0.15, -0.1) is 0 Å². The lowest BCUT2D eigenvalue weighted by atomic mass is 10.1. The van der Waals surface area contributed by atoms with Crippen molar-refractivity contribution in [3.63, 3.8) is 0 Å². The zero-order chi connectivity index (χ0) is 22.3. The Balaban J connectivity index is 1.36. The van der Waals surface area contributed by atoms with Crippen LogP contribution in [-0.2, 0) is 6.42 Å². The first-order valence-corrected chi connectivity index (χ1v) is 10.9. The fraction of sp³-hybridized carbons (Fsp3) is 0.375. The molecule has 0 amide bonds. The predicted molar refractivity (Wildman–Crippen MR) is 123 cm³/mol. The highest BCUT2D eigenvalue weighted by Crippen LogP contribution is 2.26. The van der Waals surface area contributed by atoms with Gasteiger partial charge in [-0.1, -0.05) is 42.4 Å². The van der Waals surface area contributed by atoms with Crippen molar-refractivity contribution >= 4 is 11.7 Å². The molecule has 1 aromatic carbocycles. The largest absolute Gasteiger partial charge is 0.474 e. The first kappa shape index (κ1) is 21.7. The molecule has 0 aliphatic carbocycles. The normalized spacial score (nSPS) is 15.0. The molecule has 166 valence electrons. The van der Waals surface area contributed by atoms with Crippen molar-refractivity contribution in [1.82, 2.24) is 19.9 Å². The summed E-state index contributed by atoms with van der Waals surface area (Å²) in [4.78, 5) is 25.3. The van der Waals surface area contributed by atoms with Gasteiger partial charge in [-0.05, 0) is 31.4 Å². The zero-order valence-corrected chi connectivity index (χ0v) is 18.7. The molecule has 3 heterocycles. The van der Waals surface area contributed by atoms with Crippen molar-refractivity contribution in [1.29, 1.82) is 0 Å². The number of oxime groups is 1. The summed E-state index contributed by atoms with van der Waals surface area (Å²) in [5.41, 5.74) is 3.65. The smallest absolute Gasteiger partial charge is 0.258 e. The summed E-state index contributed by atoms with van der Waals surface area (Å²) in [6, 6.07) is 9.87. The summed E-state index contributed by atoms with van der Waals surface area (Å²) in [6.07, 6.45) is 7.99. The van der Waals surface area contributed by atoms with Gasteiger partial charge in [0.15, 0.2) is 0 Å². The van der Waals surface area contributed by atoms with E-state index in [1.807, 2.05) is 56.6 Å². The summed E-state index contributed by atoms with van der Waals surface area (Å²) in [5.74, 6) is 1.71. The summed E-state index contributed by atoms with van der Waals surface area (Å²) in [5, 5.41) is 4.22. The summed E-state index contributed by atoms with van der Waals surface area (Å²) < 4.78 is 6.19. The van der Waals surface area contributed by atoms with Gasteiger partial charge in [0.05, 0.1) is 11.3 Å². The Morgan fingerprint density at radius 2 is 1.72 bits per heavy atom. The molecule has 32 heavy (non-hydrogen) atoms. The Bertz CT molecular complexity index is 1050. The van der Waals surface area contributed by atoms with Crippen molar-refractivity contribution in [2.24, 2.45) is 5.16 Å².